The van der Waals surface area contributed by atoms with Gasteiger partial charge in [-0.1, -0.05) is 6.04 Å². The Hall–Kier alpha value is 0.229. The van der Waals surface area contributed by atoms with Crippen LogP contribution in [0.5, 0.6) is 0 Å². The van der Waals surface area contributed by atoms with E-state index in [0.717, 1.165) is 17.8 Å². The molecule has 1 aliphatic rings. The van der Waals surface area contributed by atoms with Gasteiger partial charge in [-0.2, -0.15) is 0 Å². The molecule has 1 heterocycles. The fourth-order valence-electron chi connectivity index (χ4n) is 1.72. The summed E-state index contributed by atoms with van der Waals surface area (Å²) >= 11 is 1.41. The van der Waals surface area contributed by atoms with Gasteiger partial charge in [0.2, 0.25) is 0 Å². The number of nitrogens with two attached hydrogens (primary N) is 1. The molecule has 3 radical (unpaired) electrons. The summed E-state index contributed by atoms with van der Waals surface area (Å²) in [6, 6.07) is -0.305. The maximum atomic E-state index is 12.3. The minimum Gasteiger partial charge on any atom is -0.393 e. The Morgan fingerprint density at radius 2 is 2.26 bits per heavy atom. The third kappa shape index (κ3) is 3.87. The van der Waals surface area contributed by atoms with Gasteiger partial charge in [-0.3, -0.25) is 4.79 Å². The molecule has 1 atom stereocenters. The van der Waals surface area contributed by atoms with Crippen LogP contribution in [0.3, 0.4) is 0 Å². The largest absolute Gasteiger partial charge is 0.393 e. The first-order valence-corrected chi connectivity index (χ1v) is 6.79. The molecule has 0 bridgehead atoms. The summed E-state index contributed by atoms with van der Waals surface area (Å²) in [5.41, 5.74) is 5.86. The van der Waals surface area contributed by atoms with Crippen LogP contribution in [0.4, 0.5) is 0 Å². The van der Waals surface area contributed by atoms with Crippen LogP contribution < -0.4 is 10.5 Å². The zero-order valence-electron chi connectivity index (χ0n) is 10.8. The van der Waals surface area contributed by atoms with E-state index in [1.807, 2.05) is 0 Å². The first-order valence-electron chi connectivity index (χ1n) is 5.98. The van der Waals surface area contributed by atoms with Gasteiger partial charge in [0.05, 0.1) is 5.01 Å². The normalized spacial score (nSPS) is 15.7. The van der Waals surface area contributed by atoms with Crippen molar-refractivity contribution in [3.8, 4) is 0 Å². The van der Waals surface area contributed by atoms with Crippen molar-refractivity contribution < 1.29 is 37.5 Å². The second kappa shape index (κ2) is 7.30. The van der Waals surface area contributed by atoms with E-state index in [1.165, 1.54) is 16.2 Å². The van der Waals surface area contributed by atoms with E-state index in [-0.39, 0.29) is 44.7 Å². The van der Waals surface area contributed by atoms with Crippen molar-refractivity contribution >= 4 is 29.9 Å². The molecule has 0 aliphatic heterocycles. The Labute approximate surface area is 144 Å². The molecule has 19 heavy (non-hydrogen) atoms. The first-order chi connectivity index (χ1) is 8.58. The Kier molecular flexibility index (Phi) is 6.64. The average Bonchev–Trinajstić information content (AvgIpc) is 3.13. The molecule has 7 heteroatoms. The molecule has 0 saturated heterocycles. The summed E-state index contributed by atoms with van der Waals surface area (Å²) in [7, 11) is 5.88. The maximum absolute atomic E-state index is 12.3. The fourth-order valence-corrected chi connectivity index (χ4v) is 2.71. The number of rotatable bonds is 5. The van der Waals surface area contributed by atoms with E-state index in [2.05, 4.69) is 18.8 Å². The number of carbonyl (C=O) groups is 1. The number of aromatic nitrogens is 1. The van der Waals surface area contributed by atoms with Gasteiger partial charge in [0.1, 0.15) is 13.5 Å². The Morgan fingerprint density at radius 1 is 1.63 bits per heavy atom. The van der Waals surface area contributed by atoms with Crippen LogP contribution in [0.1, 0.15) is 34.3 Å². The van der Waals surface area contributed by atoms with Crippen LogP contribution in [-0.4, -0.2) is 42.8 Å². The van der Waals surface area contributed by atoms with Crippen LogP contribution in [0.25, 0.3) is 0 Å². The summed E-state index contributed by atoms with van der Waals surface area (Å²) in [5.74, 6) is 0.271. The fraction of sp³-hybridized carbons (Fsp3) is 0.500. The second-order valence-electron chi connectivity index (χ2n) is 4.43. The second-order valence-corrected chi connectivity index (χ2v) is 5.49. The van der Waals surface area contributed by atoms with E-state index in [4.69, 9.17) is 13.6 Å². The zero-order chi connectivity index (χ0) is 13.3. The first kappa shape index (κ1) is 17.3. The molecule has 0 aromatic carbocycles. The summed E-state index contributed by atoms with van der Waals surface area (Å²) in [6.07, 6.45) is 2.28. The van der Waals surface area contributed by atoms with Crippen LogP contribution in [0.2, 0.25) is 0 Å². The van der Waals surface area contributed by atoms with E-state index in [1.54, 1.807) is 0 Å². The van der Waals surface area contributed by atoms with Crippen molar-refractivity contribution in [2.45, 2.75) is 24.8 Å². The molecule has 1 aliphatic carbocycles. The predicted octanol–water partition coefficient (Wildman–Crippen LogP) is 0.249. The molecular formula is C12H16BN3OSY-2. The molecule has 2 rings (SSSR count). The van der Waals surface area contributed by atoms with E-state index in [0.29, 0.717) is 29.5 Å². The number of amides is 1. The molecule has 1 fully saturated rings. The number of hydrogen-bond acceptors (Lipinski definition) is 4. The number of nitrogens with zero attached hydrogens (tertiary/aromatic N) is 2. The molecule has 99 valence electrons. The van der Waals surface area contributed by atoms with Crippen molar-refractivity contribution in [3.05, 3.63) is 24.5 Å². The maximum Gasteiger partial charge on any atom is 0.268 e. The van der Waals surface area contributed by atoms with Gasteiger partial charge in [0.15, 0.2) is 0 Å². The van der Waals surface area contributed by atoms with E-state index in [9.17, 15) is 4.79 Å². The van der Waals surface area contributed by atoms with Gasteiger partial charge in [-0.05, 0) is 24.2 Å². The number of hydrogen-bond donors (Lipinski definition) is 1. The Morgan fingerprint density at radius 3 is 2.74 bits per heavy atom. The van der Waals surface area contributed by atoms with E-state index >= 15 is 0 Å². The molecule has 1 aromatic heterocycles. The van der Waals surface area contributed by atoms with Crippen LogP contribution in [-0.2, 0) is 32.7 Å². The summed E-state index contributed by atoms with van der Waals surface area (Å²) in [4.78, 5) is 18.2. The third-order valence-corrected chi connectivity index (χ3v) is 4.06. The van der Waals surface area contributed by atoms with Crippen LogP contribution in [0.15, 0.2) is 0 Å². The minimum absolute atomic E-state index is 0. The number of carbonyl (C=O) groups excluding carboxylic acids is 1. The van der Waals surface area contributed by atoms with Crippen LogP contribution >= 0.6 is 11.3 Å². The average molecular weight is 350 g/mol. The van der Waals surface area contributed by atoms with Crippen molar-refractivity contribution in [1.82, 2.24) is 9.88 Å². The van der Waals surface area contributed by atoms with Crippen molar-refractivity contribution in [1.29, 1.82) is 0 Å². The molecular weight excluding hydrogens is 334 g/mol. The van der Waals surface area contributed by atoms with Crippen molar-refractivity contribution in [3.63, 3.8) is 0 Å². The van der Waals surface area contributed by atoms with Gasteiger partial charge in [-0.25, -0.2) is 4.98 Å². The smallest absolute Gasteiger partial charge is 0.268 e. The molecule has 4 nitrogen and oxygen atoms in total. The summed E-state index contributed by atoms with van der Waals surface area (Å²) < 4.78 is 0.476. The van der Waals surface area contributed by atoms with Crippen LogP contribution in [0, 0.1) is 13.8 Å². The molecule has 0 spiro atoms. The SMILES string of the molecule is [B]c1sc(C2CC2)nc1C(=O)N(C[CH2-])[C@@H]([CH2-])CN.[Y]. The quantitative estimate of drug-likeness (QED) is 0.612. The van der Waals surface area contributed by atoms with Gasteiger partial charge in [0, 0.05) is 38.6 Å². The van der Waals surface area contributed by atoms with Crippen molar-refractivity contribution in [2.75, 3.05) is 13.1 Å². The van der Waals surface area contributed by atoms with Gasteiger partial charge >= 0.3 is 0 Å². The Balaban J connectivity index is 0.00000180. The third-order valence-electron chi connectivity index (χ3n) is 3.01. The zero-order valence-corrected chi connectivity index (χ0v) is 14.5. The number of thiazole rings is 1. The van der Waals surface area contributed by atoms with Crippen molar-refractivity contribution in [2.24, 2.45) is 5.73 Å². The topological polar surface area (TPSA) is 59.2 Å². The summed E-state index contributed by atoms with van der Waals surface area (Å²) in [5, 5.41) is 0.966. The predicted molar refractivity (Wildman–Crippen MR) is 74.1 cm³/mol. The van der Waals surface area contributed by atoms with Gasteiger partial charge in [0.25, 0.3) is 5.91 Å². The van der Waals surface area contributed by atoms with E-state index < -0.39 is 0 Å². The molecule has 1 aromatic rings. The molecule has 1 amide bonds. The Bertz CT molecular complexity index is 450. The monoisotopic (exact) mass is 350 g/mol. The standard InChI is InChI=1S/C12H16BN3OS.Y/c1-3-16(7(2)6-14)12(17)9-10(13)18-11(15-9)8-4-5-8;/h7-8H,1-6,14H2;/q-2;/t7-;/m0./s1. The molecule has 2 N–H and O–H groups in total. The van der Waals surface area contributed by atoms with Gasteiger partial charge < -0.3 is 24.5 Å². The molecule has 0 unspecified atom stereocenters. The summed E-state index contributed by atoms with van der Waals surface area (Å²) in [6.45, 7) is 8.16. The minimum atomic E-state index is -0.305. The molecule has 1 saturated carbocycles. The van der Waals surface area contributed by atoms with Gasteiger partial charge in [-0.15, -0.1) is 17.9 Å².